The van der Waals surface area contributed by atoms with Crippen LogP contribution < -0.4 is 5.32 Å². The molecule has 3 aromatic carbocycles. The number of alkyl carbamates (subject to hydrolysis) is 1. The monoisotopic (exact) mass is 478 g/mol. The zero-order valence-corrected chi connectivity index (χ0v) is 20.9. The first kappa shape index (κ1) is 24.7. The van der Waals surface area contributed by atoms with E-state index in [1.807, 2.05) is 75.8 Å². The molecule has 0 saturated heterocycles. The molecule has 6 nitrogen and oxygen atoms in total. The van der Waals surface area contributed by atoms with Gasteiger partial charge in [0.15, 0.2) is 0 Å². The fraction of sp³-hybridized carbons (Fsp3) is 0.233. The highest BCUT2D eigenvalue weighted by atomic mass is 16.6. The smallest absolute Gasteiger partial charge is 0.407 e. The normalized spacial score (nSPS) is 11.1. The van der Waals surface area contributed by atoms with Crippen molar-refractivity contribution < 1.29 is 9.53 Å². The van der Waals surface area contributed by atoms with Crippen LogP contribution in [-0.2, 0) is 24.2 Å². The lowest BCUT2D eigenvalue weighted by molar-refractivity contribution is 0.0523. The summed E-state index contributed by atoms with van der Waals surface area (Å²) in [4.78, 5) is 16.7. The van der Waals surface area contributed by atoms with E-state index in [2.05, 4.69) is 51.3 Å². The van der Waals surface area contributed by atoms with Gasteiger partial charge < -0.3 is 14.6 Å². The summed E-state index contributed by atoms with van der Waals surface area (Å²) in [5.41, 5.74) is 6.57. The molecule has 0 aliphatic carbocycles. The predicted octanol–water partition coefficient (Wildman–Crippen LogP) is 6.09. The molecule has 0 bridgehead atoms. The summed E-state index contributed by atoms with van der Waals surface area (Å²) in [6, 6.07) is 26.3. The van der Waals surface area contributed by atoms with Crippen LogP contribution in [0.25, 0.3) is 11.1 Å². The molecule has 1 aromatic heterocycles. The van der Waals surface area contributed by atoms with Crippen LogP contribution in [0.2, 0.25) is 0 Å². The Morgan fingerprint density at radius 3 is 2.44 bits per heavy atom. The fourth-order valence-electron chi connectivity index (χ4n) is 3.96. The summed E-state index contributed by atoms with van der Waals surface area (Å²) < 4.78 is 7.55. The van der Waals surface area contributed by atoms with Crippen LogP contribution in [0.4, 0.5) is 4.79 Å². The number of amides is 1. The third-order valence-electron chi connectivity index (χ3n) is 5.74. The van der Waals surface area contributed by atoms with Crippen molar-refractivity contribution in [1.82, 2.24) is 14.9 Å². The number of hydrogen-bond donors (Lipinski definition) is 1. The summed E-state index contributed by atoms with van der Waals surface area (Å²) in [5, 5.41) is 12.0. The first-order valence-electron chi connectivity index (χ1n) is 11.9. The van der Waals surface area contributed by atoms with E-state index in [1.165, 1.54) is 0 Å². The van der Waals surface area contributed by atoms with E-state index < -0.39 is 11.7 Å². The first-order valence-corrected chi connectivity index (χ1v) is 11.9. The minimum absolute atomic E-state index is 0.352. The third-order valence-corrected chi connectivity index (χ3v) is 5.74. The van der Waals surface area contributed by atoms with E-state index >= 15 is 0 Å². The molecule has 0 atom stereocenters. The van der Waals surface area contributed by atoms with Gasteiger partial charge >= 0.3 is 6.09 Å². The van der Waals surface area contributed by atoms with Crippen molar-refractivity contribution in [1.29, 1.82) is 5.26 Å². The lowest BCUT2D eigenvalue weighted by Crippen LogP contribution is -2.32. The number of hydrogen-bond acceptors (Lipinski definition) is 4. The standard InChI is InChI=1S/C30H30N4O2/c1-30(2,3)36-29(35)33-18-27-16-25(24-7-5-4-6-8-24)13-14-26(27)20-34-21-32-19-28(34)15-22-9-11-23(17-31)12-10-22/h4-14,16,19,21H,15,18,20H2,1-3H3,(H,33,35). The van der Waals surface area contributed by atoms with Gasteiger partial charge in [-0.2, -0.15) is 5.26 Å². The third kappa shape index (κ3) is 6.61. The number of benzene rings is 3. The molecule has 182 valence electrons. The van der Waals surface area contributed by atoms with E-state index in [0.717, 1.165) is 33.5 Å². The summed E-state index contributed by atoms with van der Waals surface area (Å²) >= 11 is 0. The Morgan fingerprint density at radius 2 is 1.75 bits per heavy atom. The average Bonchev–Trinajstić information content (AvgIpc) is 3.29. The minimum Gasteiger partial charge on any atom is -0.444 e. The van der Waals surface area contributed by atoms with Crippen LogP contribution in [0.1, 0.15) is 48.7 Å². The highest BCUT2D eigenvalue weighted by molar-refractivity contribution is 5.68. The Bertz CT molecular complexity index is 1360. The summed E-state index contributed by atoms with van der Waals surface area (Å²) in [6.45, 7) is 6.52. The highest BCUT2D eigenvalue weighted by Crippen LogP contribution is 2.24. The van der Waals surface area contributed by atoms with Gasteiger partial charge in [-0.3, -0.25) is 0 Å². The lowest BCUT2D eigenvalue weighted by Gasteiger charge is -2.20. The molecule has 0 spiro atoms. The van der Waals surface area contributed by atoms with E-state index in [4.69, 9.17) is 10.00 Å². The van der Waals surface area contributed by atoms with Gasteiger partial charge in [0.25, 0.3) is 0 Å². The number of nitrogens with one attached hydrogen (secondary N) is 1. The Hall–Kier alpha value is -4.37. The van der Waals surface area contributed by atoms with Crippen molar-refractivity contribution >= 4 is 6.09 Å². The maximum absolute atomic E-state index is 12.3. The second-order valence-electron chi connectivity index (χ2n) is 9.70. The number of carbonyl (C=O) groups is 1. The number of aromatic nitrogens is 2. The molecular formula is C30H30N4O2. The molecule has 4 aromatic rings. The summed E-state index contributed by atoms with van der Waals surface area (Å²) in [7, 11) is 0. The minimum atomic E-state index is -0.560. The topological polar surface area (TPSA) is 79.9 Å². The zero-order valence-electron chi connectivity index (χ0n) is 20.9. The summed E-state index contributed by atoms with van der Waals surface area (Å²) in [6.07, 6.45) is 3.96. The molecule has 36 heavy (non-hydrogen) atoms. The van der Waals surface area contributed by atoms with E-state index in [1.54, 1.807) is 0 Å². The quantitative estimate of drug-likeness (QED) is 0.349. The Balaban J connectivity index is 1.58. The molecule has 0 aliphatic rings. The molecule has 0 radical (unpaired) electrons. The van der Waals surface area contributed by atoms with Crippen LogP contribution in [0.15, 0.2) is 85.3 Å². The van der Waals surface area contributed by atoms with Gasteiger partial charge in [-0.1, -0.05) is 54.6 Å². The molecule has 0 fully saturated rings. The first-order chi connectivity index (χ1) is 17.3. The predicted molar refractivity (Wildman–Crippen MR) is 140 cm³/mol. The molecule has 6 heteroatoms. The number of rotatable bonds is 7. The lowest BCUT2D eigenvalue weighted by atomic mass is 9.98. The molecule has 1 N–H and O–H groups in total. The van der Waals surface area contributed by atoms with Crippen LogP contribution in [0.5, 0.6) is 0 Å². The van der Waals surface area contributed by atoms with E-state index in [9.17, 15) is 4.79 Å². The van der Waals surface area contributed by atoms with Crippen LogP contribution in [0.3, 0.4) is 0 Å². The van der Waals surface area contributed by atoms with Crippen molar-refractivity contribution in [2.75, 3.05) is 0 Å². The van der Waals surface area contributed by atoms with E-state index in [0.29, 0.717) is 25.1 Å². The maximum atomic E-state index is 12.3. The SMILES string of the molecule is CC(C)(C)OC(=O)NCc1cc(-c2ccccc2)ccc1Cn1cncc1Cc1ccc(C#N)cc1. The second-order valence-corrected chi connectivity index (χ2v) is 9.70. The molecule has 4 rings (SSSR count). The van der Waals surface area contributed by atoms with E-state index in [-0.39, 0.29) is 0 Å². The van der Waals surface area contributed by atoms with Crippen molar-refractivity contribution in [3.63, 3.8) is 0 Å². The van der Waals surface area contributed by atoms with Gasteiger partial charge in [0.05, 0.1) is 18.0 Å². The van der Waals surface area contributed by atoms with Crippen LogP contribution in [0, 0.1) is 11.3 Å². The van der Waals surface area contributed by atoms with Gasteiger partial charge in [-0.15, -0.1) is 0 Å². The van der Waals surface area contributed by atoms with Gasteiger partial charge in [0, 0.05) is 31.4 Å². The van der Waals surface area contributed by atoms with Crippen molar-refractivity contribution in [3.05, 3.63) is 113 Å². The number of nitriles is 1. The molecule has 0 aliphatic heterocycles. The second kappa shape index (κ2) is 10.9. The molecule has 0 saturated carbocycles. The van der Waals surface area contributed by atoms with Crippen LogP contribution in [-0.4, -0.2) is 21.2 Å². The van der Waals surface area contributed by atoms with Crippen molar-refractivity contribution in [3.8, 4) is 17.2 Å². The maximum Gasteiger partial charge on any atom is 0.407 e. The summed E-state index contributed by atoms with van der Waals surface area (Å²) in [5.74, 6) is 0. The zero-order chi connectivity index (χ0) is 25.5. The average molecular weight is 479 g/mol. The van der Waals surface area contributed by atoms with Crippen LogP contribution >= 0.6 is 0 Å². The molecular weight excluding hydrogens is 448 g/mol. The molecule has 1 heterocycles. The number of imidazole rings is 1. The number of ether oxygens (including phenoxy) is 1. The molecule has 1 amide bonds. The number of carbonyl (C=O) groups excluding carboxylic acids is 1. The largest absolute Gasteiger partial charge is 0.444 e. The van der Waals surface area contributed by atoms with Crippen molar-refractivity contribution in [2.24, 2.45) is 0 Å². The van der Waals surface area contributed by atoms with Crippen molar-refractivity contribution in [2.45, 2.75) is 45.9 Å². The Labute approximate surface area is 212 Å². The Kier molecular flexibility index (Phi) is 7.50. The highest BCUT2D eigenvalue weighted by Gasteiger charge is 2.17. The van der Waals surface area contributed by atoms with Gasteiger partial charge in [-0.05, 0) is 66.8 Å². The fourth-order valence-corrected chi connectivity index (χ4v) is 3.96. The van der Waals surface area contributed by atoms with Gasteiger partial charge in [-0.25, -0.2) is 9.78 Å². The van der Waals surface area contributed by atoms with Gasteiger partial charge in [0.2, 0.25) is 0 Å². The molecule has 0 unspecified atom stereocenters. The Morgan fingerprint density at radius 1 is 1.00 bits per heavy atom. The van der Waals surface area contributed by atoms with Gasteiger partial charge in [0.1, 0.15) is 5.60 Å². The number of nitrogens with zero attached hydrogens (tertiary/aromatic N) is 3.